The number of hydrazone groups is 1. The second-order valence-corrected chi connectivity index (χ2v) is 11.8. The van der Waals surface area contributed by atoms with E-state index in [0.29, 0.717) is 44.4 Å². The van der Waals surface area contributed by atoms with Crippen molar-refractivity contribution in [2.45, 2.75) is 26.5 Å². The van der Waals surface area contributed by atoms with E-state index in [4.69, 9.17) is 30.5 Å². The third-order valence-corrected chi connectivity index (χ3v) is 8.13. The van der Waals surface area contributed by atoms with Gasteiger partial charge in [0.15, 0.2) is 23.9 Å². The molecule has 4 aromatic rings. The molecule has 0 aliphatic carbocycles. The fourth-order valence-electron chi connectivity index (χ4n) is 5.04. The van der Waals surface area contributed by atoms with Crippen molar-refractivity contribution in [2.75, 3.05) is 20.3 Å². The molecule has 0 aromatic heterocycles. The van der Waals surface area contributed by atoms with Gasteiger partial charge in [0.05, 0.1) is 41.0 Å². The van der Waals surface area contributed by atoms with E-state index in [-0.39, 0.29) is 24.5 Å². The van der Waals surface area contributed by atoms with Gasteiger partial charge in [0, 0.05) is 5.70 Å². The number of nitrogens with zero attached hydrogens (tertiary/aromatic N) is 1. The van der Waals surface area contributed by atoms with E-state index < -0.39 is 23.9 Å². The summed E-state index contributed by atoms with van der Waals surface area (Å²) in [5.74, 6) is -0.0226. The largest absolute Gasteiger partial charge is 0.493 e. The van der Waals surface area contributed by atoms with Gasteiger partial charge >= 0.3 is 12.0 Å². The zero-order valence-electron chi connectivity index (χ0n) is 26.3. The van der Waals surface area contributed by atoms with Crippen molar-refractivity contribution >= 4 is 62.4 Å². The normalized spacial score (nSPS) is 14.4. The number of methoxy groups -OCH3 is 1. The van der Waals surface area contributed by atoms with E-state index >= 15 is 0 Å². The Morgan fingerprint density at radius 3 is 2.56 bits per heavy atom. The Bertz CT molecular complexity index is 1910. The number of hydrogen-bond donors (Lipinski definition) is 3. The minimum Gasteiger partial charge on any atom is -0.493 e. The number of fused-ring (bicyclic) bond motifs is 1. The number of rotatable bonds is 12. The number of esters is 1. The number of amides is 3. The summed E-state index contributed by atoms with van der Waals surface area (Å²) in [6.45, 7) is 3.47. The highest BCUT2D eigenvalue weighted by atomic mass is 79.9. The fourth-order valence-corrected chi connectivity index (χ4v) is 6.03. The van der Waals surface area contributed by atoms with Crippen molar-refractivity contribution in [3.8, 4) is 17.2 Å². The molecule has 11 nitrogen and oxygen atoms in total. The summed E-state index contributed by atoms with van der Waals surface area (Å²) in [7, 11) is 1.44. The maximum absolute atomic E-state index is 12.6. The number of hydrogen-bond acceptors (Lipinski definition) is 8. The number of benzene rings is 4. The van der Waals surface area contributed by atoms with Crippen LogP contribution in [0.1, 0.15) is 36.6 Å². The molecule has 4 aromatic carbocycles. The van der Waals surface area contributed by atoms with Crippen molar-refractivity contribution in [2.24, 2.45) is 5.10 Å². The smallest absolute Gasteiger partial charge is 0.338 e. The number of carbonyl (C=O) groups excluding carboxylic acids is 3. The monoisotopic (exact) mass is 734 g/mol. The Kier molecular flexibility index (Phi) is 11.2. The van der Waals surface area contributed by atoms with Gasteiger partial charge in [0.1, 0.15) is 6.61 Å². The molecule has 1 aliphatic rings. The van der Waals surface area contributed by atoms with E-state index in [9.17, 15) is 14.4 Å². The lowest BCUT2D eigenvalue weighted by Crippen LogP contribution is -2.45. The van der Waals surface area contributed by atoms with Gasteiger partial charge < -0.3 is 29.6 Å². The molecule has 1 aliphatic heterocycles. The van der Waals surface area contributed by atoms with Gasteiger partial charge in [-0.1, -0.05) is 54.1 Å². The van der Waals surface area contributed by atoms with Crippen LogP contribution < -0.4 is 30.3 Å². The first kappa shape index (κ1) is 34.3. The minimum absolute atomic E-state index is 0.179. The Labute approximate surface area is 290 Å². The SMILES string of the molecule is CCOC(=O)C1=C(C)NC(=O)N[C@H]1c1ccc(OCC(=O)N/N=C\c2cc(Cl)c(OCc3ccc4ccccc4c3)c(Br)c2)c(OC)c1. The molecule has 3 amide bonds. The molecule has 48 heavy (non-hydrogen) atoms. The minimum atomic E-state index is -0.780. The molecular formula is C35H32BrClN4O7. The third kappa shape index (κ3) is 8.25. The number of ether oxygens (including phenoxy) is 4. The average molecular weight is 736 g/mol. The van der Waals surface area contributed by atoms with Crippen LogP contribution in [-0.4, -0.2) is 44.4 Å². The van der Waals surface area contributed by atoms with E-state index in [1.165, 1.54) is 13.3 Å². The number of carbonyl (C=O) groups is 3. The lowest BCUT2D eigenvalue weighted by Gasteiger charge is -2.28. The maximum Gasteiger partial charge on any atom is 0.338 e. The highest BCUT2D eigenvalue weighted by Gasteiger charge is 2.32. The van der Waals surface area contributed by atoms with E-state index in [1.54, 1.807) is 44.2 Å². The van der Waals surface area contributed by atoms with Crippen molar-refractivity contribution in [3.05, 3.63) is 110 Å². The summed E-state index contributed by atoms with van der Waals surface area (Å²) in [5.41, 5.74) is 5.26. The molecule has 3 N–H and O–H groups in total. The predicted octanol–water partition coefficient (Wildman–Crippen LogP) is 6.56. The highest BCUT2D eigenvalue weighted by molar-refractivity contribution is 9.10. The summed E-state index contributed by atoms with van der Waals surface area (Å²) < 4.78 is 23.0. The number of halogens is 2. The van der Waals surface area contributed by atoms with Gasteiger partial charge in [-0.2, -0.15) is 5.10 Å². The second-order valence-electron chi connectivity index (χ2n) is 10.6. The molecule has 0 fully saturated rings. The second kappa shape index (κ2) is 15.7. The van der Waals surface area contributed by atoms with Gasteiger partial charge in [-0.25, -0.2) is 15.0 Å². The zero-order chi connectivity index (χ0) is 34.2. The molecule has 1 atom stereocenters. The lowest BCUT2D eigenvalue weighted by atomic mass is 9.95. The van der Waals surface area contributed by atoms with Crippen LogP contribution in [0.3, 0.4) is 0 Å². The summed E-state index contributed by atoms with van der Waals surface area (Å²) in [4.78, 5) is 37.3. The zero-order valence-corrected chi connectivity index (χ0v) is 28.6. The number of urea groups is 1. The van der Waals surface area contributed by atoms with E-state index in [0.717, 1.165) is 16.3 Å². The van der Waals surface area contributed by atoms with Crippen molar-refractivity contribution in [1.82, 2.24) is 16.1 Å². The van der Waals surface area contributed by atoms with Crippen molar-refractivity contribution in [1.29, 1.82) is 0 Å². The Balaban J connectivity index is 1.17. The first-order valence-corrected chi connectivity index (χ1v) is 16.0. The molecule has 0 unspecified atom stereocenters. The molecule has 0 spiro atoms. The molecular weight excluding hydrogens is 704 g/mol. The molecule has 1 heterocycles. The molecule has 248 valence electrons. The third-order valence-electron chi connectivity index (χ3n) is 7.26. The van der Waals surface area contributed by atoms with Gasteiger partial charge in [-0.15, -0.1) is 0 Å². The van der Waals surface area contributed by atoms with Crippen LogP contribution in [0.4, 0.5) is 4.79 Å². The van der Waals surface area contributed by atoms with Crippen LogP contribution in [0.15, 0.2) is 93.6 Å². The van der Waals surface area contributed by atoms with E-state index in [2.05, 4.69) is 61.4 Å². The molecule has 0 radical (unpaired) electrons. The van der Waals surface area contributed by atoms with Crippen LogP contribution >= 0.6 is 27.5 Å². The number of nitrogens with one attached hydrogen (secondary N) is 3. The van der Waals surface area contributed by atoms with Crippen LogP contribution in [0.5, 0.6) is 17.2 Å². The van der Waals surface area contributed by atoms with E-state index in [1.807, 2.05) is 18.2 Å². The quantitative estimate of drug-likeness (QED) is 0.0852. The number of allylic oxidation sites excluding steroid dienone is 1. The Morgan fingerprint density at radius 1 is 1.02 bits per heavy atom. The summed E-state index contributed by atoms with van der Waals surface area (Å²) in [6, 6.07) is 21.3. The summed E-state index contributed by atoms with van der Waals surface area (Å²) in [5, 5.41) is 12.0. The predicted molar refractivity (Wildman–Crippen MR) is 185 cm³/mol. The van der Waals surface area contributed by atoms with Gasteiger partial charge in [0.25, 0.3) is 5.91 Å². The summed E-state index contributed by atoms with van der Waals surface area (Å²) >= 11 is 10.0. The first-order chi connectivity index (χ1) is 23.2. The standard InChI is InChI=1S/C35H32BrClN4O7/c1-4-46-34(43)31-20(2)39-35(44)40-32(31)25-11-12-28(29(16-25)45-3)47-19-30(42)41-38-17-22-14-26(36)33(27(37)15-22)48-18-21-9-10-23-7-5-6-8-24(23)13-21/h5-17,32H,4,18-19H2,1-3H3,(H,41,42)(H2,39,40,44)/b38-17-/t32-/m0/s1. The van der Waals surface area contributed by atoms with Crippen LogP contribution in [-0.2, 0) is 20.9 Å². The van der Waals surface area contributed by atoms with Crippen LogP contribution in [0.25, 0.3) is 10.8 Å². The molecule has 0 saturated carbocycles. The van der Waals surface area contributed by atoms with Crippen LogP contribution in [0, 0.1) is 0 Å². The lowest BCUT2D eigenvalue weighted by molar-refractivity contribution is -0.139. The van der Waals surface area contributed by atoms with Crippen LogP contribution in [0.2, 0.25) is 5.02 Å². The van der Waals surface area contributed by atoms with Gasteiger partial charge in [0.2, 0.25) is 0 Å². The fraction of sp³-hybridized carbons (Fsp3) is 0.200. The van der Waals surface area contributed by atoms with Gasteiger partial charge in [-0.3, -0.25) is 4.79 Å². The highest BCUT2D eigenvalue weighted by Crippen LogP contribution is 2.36. The summed E-state index contributed by atoms with van der Waals surface area (Å²) in [6.07, 6.45) is 1.45. The topological polar surface area (TPSA) is 137 Å². The average Bonchev–Trinajstić information content (AvgIpc) is 3.06. The molecule has 13 heteroatoms. The van der Waals surface area contributed by atoms with Crippen molar-refractivity contribution in [3.63, 3.8) is 0 Å². The van der Waals surface area contributed by atoms with Crippen molar-refractivity contribution < 1.29 is 33.3 Å². The van der Waals surface area contributed by atoms with Gasteiger partial charge in [-0.05, 0) is 87.6 Å². The molecule has 0 bridgehead atoms. The Morgan fingerprint density at radius 2 is 1.81 bits per heavy atom. The maximum atomic E-state index is 12.6. The molecule has 0 saturated heterocycles. The molecule has 5 rings (SSSR count). The Hall–Kier alpha value is -5.07. The first-order valence-electron chi connectivity index (χ1n) is 14.8.